The van der Waals surface area contributed by atoms with Crippen LogP contribution < -0.4 is 10.6 Å². The van der Waals surface area contributed by atoms with Crippen LogP contribution in [0.3, 0.4) is 0 Å². The molecular formula is C17H23ClN2O4. The number of halogens is 1. The molecule has 1 saturated carbocycles. The quantitative estimate of drug-likeness (QED) is 0.732. The van der Waals surface area contributed by atoms with Gasteiger partial charge in [0, 0.05) is 24.7 Å². The third-order valence-electron chi connectivity index (χ3n) is 4.36. The number of carbonyl (C=O) groups excluding carboxylic acids is 1. The van der Waals surface area contributed by atoms with Crippen LogP contribution in [0.25, 0.3) is 0 Å². The topological polar surface area (TPSA) is 87.7 Å². The number of carboxylic acids is 1. The Kier molecular flexibility index (Phi) is 6.87. The second kappa shape index (κ2) is 8.89. The summed E-state index contributed by atoms with van der Waals surface area (Å²) in [5.41, 5.74) is 0.896. The van der Waals surface area contributed by atoms with Gasteiger partial charge in [-0.1, -0.05) is 23.7 Å². The minimum Gasteiger partial charge on any atom is -0.481 e. The summed E-state index contributed by atoms with van der Waals surface area (Å²) in [5, 5.41) is 15.3. The molecule has 1 aliphatic rings. The molecule has 6 nitrogen and oxygen atoms in total. The first-order valence-electron chi connectivity index (χ1n) is 8.05. The number of ether oxygens (including phenoxy) is 1. The van der Waals surface area contributed by atoms with E-state index in [1.54, 1.807) is 13.2 Å². The lowest BCUT2D eigenvalue weighted by Gasteiger charge is -2.27. The molecule has 1 atom stereocenters. The maximum atomic E-state index is 12.0. The number of rotatable bonds is 6. The number of urea groups is 1. The highest BCUT2D eigenvalue weighted by atomic mass is 35.5. The smallest absolute Gasteiger partial charge is 0.315 e. The molecule has 1 unspecified atom stereocenters. The van der Waals surface area contributed by atoms with E-state index in [4.69, 9.17) is 21.4 Å². The van der Waals surface area contributed by atoms with E-state index in [1.165, 1.54) is 0 Å². The number of aliphatic carboxylic acids is 1. The highest BCUT2D eigenvalue weighted by molar-refractivity contribution is 6.30. The monoisotopic (exact) mass is 354 g/mol. The molecule has 3 N–H and O–H groups in total. The minimum atomic E-state index is -0.748. The summed E-state index contributed by atoms with van der Waals surface area (Å²) in [7, 11) is 1.58. The summed E-state index contributed by atoms with van der Waals surface area (Å²) in [5.74, 6) is -1.03. The maximum Gasteiger partial charge on any atom is 0.315 e. The van der Waals surface area contributed by atoms with Crippen LogP contribution in [0.2, 0.25) is 5.02 Å². The number of amides is 2. The van der Waals surface area contributed by atoms with Crippen LogP contribution in [0.15, 0.2) is 24.3 Å². The fraction of sp³-hybridized carbons (Fsp3) is 0.529. The Morgan fingerprint density at radius 1 is 1.33 bits per heavy atom. The Hall–Kier alpha value is -1.79. The fourth-order valence-corrected chi connectivity index (χ4v) is 3.15. The number of methoxy groups -OCH3 is 1. The Morgan fingerprint density at radius 3 is 2.62 bits per heavy atom. The van der Waals surface area contributed by atoms with Gasteiger partial charge in [-0.15, -0.1) is 0 Å². The zero-order chi connectivity index (χ0) is 17.5. The van der Waals surface area contributed by atoms with Gasteiger partial charge in [-0.25, -0.2) is 4.79 Å². The molecule has 0 aromatic heterocycles. The molecule has 24 heavy (non-hydrogen) atoms. The van der Waals surface area contributed by atoms with Crippen molar-refractivity contribution in [2.24, 2.45) is 5.92 Å². The van der Waals surface area contributed by atoms with Gasteiger partial charge in [0.1, 0.15) is 0 Å². The number of hydrogen-bond acceptors (Lipinski definition) is 3. The van der Waals surface area contributed by atoms with Gasteiger partial charge in [-0.2, -0.15) is 0 Å². The van der Waals surface area contributed by atoms with Gasteiger partial charge in [0.2, 0.25) is 0 Å². The number of nitrogens with one attached hydrogen (secondary N) is 2. The van der Waals surface area contributed by atoms with Crippen molar-refractivity contribution >= 4 is 23.6 Å². The van der Waals surface area contributed by atoms with E-state index in [0.29, 0.717) is 37.3 Å². The molecule has 0 spiro atoms. The van der Waals surface area contributed by atoms with E-state index in [1.807, 2.05) is 18.2 Å². The molecule has 0 saturated heterocycles. The maximum absolute atomic E-state index is 12.0. The van der Waals surface area contributed by atoms with Crippen LogP contribution in [-0.4, -0.2) is 36.8 Å². The Balaban J connectivity index is 1.77. The molecule has 2 rings (SSSR count). The first-order chi connectivity index (χ1) is 11.5. The highest BCUT2D eigenvalue weighted by Gasteiger charge is 2.26. The third kappa shape index (κ3) is 5.39. The zero-order valence-electron chi connectivity index (χ0n) is 13.6. The first-order valence-corrected chi connectivity index (χ1v) is 8.42. The predicted octanol–water partition coefficient (Wildman–Crippen LogP) is 2.97. The fourth-order valence-electron chi connectivity index (χ4n) is 2.95. The molecule has 0 heterocycles. The molecule has 0 bridgehead atoms. The molecule has 0 radical (unpaired) electrons. The number of carbonyl (C=O) groups is 2. The molecule has 7 heteroatoms. The van der Waals surface area contributed by atoms with E-state index in [2.05, 4.69) is 10.6 Å². The van der Waals surface area contributed by atoms with Crippen molar-refractivity contribution in [2.45, 2.75) is 37.8 Å². The zero-order valence-corrected chi connectivity index (χ0v) is 14.4. The average molecular weight is 355 g/mol. The van der Waals surface area contributed by atoms with Crippen LogP contribution in [0.5, 0.6) is 0 Å². The minimum absolute atomic E-state index is 0.0211. The summed E-state index contributed by atoms with van der Waals surface area (Å²) in [4.78, 5) is 23.0. The van der Waals surface area contributed by atoms with E-state index < -0.39 is 5.97 Å². The second-order valence-electron chi connectivity index (χ2n) is 6.02. The third-order valence-corrected chi connectivity index (χ3v) is 4.60. The Bertz CT molecular complexity index is 573. The van der Waals surface area contributed by atoms with Crippen molar-refractivity contribution in [3.8, 4) is 0 Å². The van der Waals surface area contributed by atoms with Gasteiger partial charge < -0.3 is 20.5 Å². The Morgan fingerprint density at radius 2 is 2.04 bits per heavy atom. The molecule has 1 fully saturated rings. The van der Waals surface area contributed by atoms with E-state index in [-0.39, 0.29) is 24.1 Å². The van der Waals surface area contributed by atoms with Gasteiger partial charge in [0.15, 0.2) is 0 Å². The highest BCUT2D eigenvalue weighted by Crippen LogP contribution is 2.24. The second-order valence-corrected chi connectivity index (χ2v) is 6.46. The van der Waals surface area contributed by atoms with Crippen LogP contribution in [0.4, 0.5) is 4.79 Å². The van der Waals surface area contributed by atoms with Gasteiger partial charge in [0.05, 0.1) is 12.0 Å². The van der Waals surface area contributed by atoms with Gasteiger partial charge in [-0.05, 0) is 43.4 Å². The van der Waals surface area contributed by atoms with Crippen molar-refractivity contribution in [3.63, 3.8) is 0 Å². The van der Waals surface area contributed by atoms with Crippen molar-refractivity contribution in [2.75, 3.05) is 13.7 Å². The lowest BCUT2D eigenvalue weighted by Crippen LogP contribution is -2.45. The SMILES string of the molecule is COC(CNC(=O)NC1CCC(C(=O)O)CC1)c1cccc(Cl)c1. The lowest BCUT2D eigenvalue weighted by molar-refractivity contribution is -0.142. The number of hydrogen-bond donors (Lipinski definition) is 3. The standard InChI is InChI=1S/C17H23ClN2O4/c1-24-15(12-3-2-4-13(18)9-12)10-19-17(23)20-14-7-5-11(6-8-14)16(21)22/h2-4,9,11,14-15H,5-8,10H2,1H3,(H,21,22)(H2,19,20,23). The first kappa shape index (κ1) is 18.5. The summed E-state index contributed by atoms with van der Waals surface area (Å²) in [6.07, 6.45) is 2.29. The lowest BCUT2D eigenvalue weighted by atomic mass is 9.86. The van der Waals surface area contributed by atoms with Crippen molar-refractivity contribution < 1.29 is 19.4 Å². The normalized spacial score (nSPS) is 21.8. The largest absolute Gasteiger partial charge is 0.481 e. The molecular weight excluding hydrogens is 332 g/mol. The van der Waals surface area contributed by atoms with Gasteiger partial charge >= 0.3 is 12.0 Å². The summed E-state index contributed by atoms with van der Waals surface area (Å²) >= 11 is 5.97. The molecule has 1 aromatic rings. The summed E-state index contributed by atoms with van der Waals surface area (Å²) in [6, 6.07) is 7.08. The summed E-state index contributed by atoms with van der Waals surface area (Å²) in [6.45, 7) is 0.327. The van der Waals surface area contributed by atoms with Crippen LogP contribution in [-0.2, 0) is 9.53 Å². The van der Waals surface area contributed by atoms with Crippen LogP contribution in [0.1, 0.15) is 37.4 Å². The van der Waals surface area contributed by atoms with Crippen molar-refractivity contribution in [1.29, 1.82) is 0 Å². The van der Waals surface area contributed by atoms with Crippen molar-refractivity contribution in [3.05, 3.63) is 34.9 Å². The van der Waals surface area contributed by atoms with Gasteiger partial charge in [0.25, 0.3) is 0 Å². The number of carboxylic acid groups (broad SMARTS) is 1. The van der Waals surface area contributed by atoms with Crippen molar-refractivity contribution in [1.82, 2.24) is 10.6 Å². The van der Waals surface area contributed by atoms with E-state index in [9.17, 15) is 9.59 Å². The molecule has 1 aliphatic carbocycles. The van der Waals surface area contributed by atoms with Crippen LogP contribution in [0, 0.1) is 5.92 Å². The summed E-state index contributed by atoms with van der Waals surface area (Å²) < 4.78 is 5.41. The average Bonchev–Trinajstić information content (AvgIpc) is 2.56. The molecule has 0 aliphatic heterocycles. The predicted molar refractivity (Wildman–Crippen MR) is 91.1 cm³/mol. The van der Waals surface area contributed by atoms with Crippen LogP contribution >= 0.6 is 11.6 Å². The molecule has 1 aromatic carbocycles. The Labute approximate surface area is 146 Å². The molecule has 132 valence electrons. The number of benzene rings is 1. The van der Waals surface area contributed by atoms with E-state index >= 15 is 0 Å². The molecule has 2 amide bonds. The van der Waals surface area contributed by atoms with E-state index in [0.717, 1.165) is 5.56 Å². The van der Waals surface area contributed by atoms with Gasteiger partial charge in [-0.3, -0.25) is 4.79 Å².